The number of amides is 1. The smallest absolute Gasteiger partial charge is 0.269 e. The lowest BCUT2D eigenvalue weighted by atomic mass is 9.77. The monoisotopic (exact) mass is 365 g/mol. The second-order valence-corrected chi connectivity index (χ2v) is 6.81. The molecule has 0 saturated heterocycles. The zero-order chi connectivity index (χ0) is 19.1. The van der Waals surface area contributed by atoms with Crippen LogP contribution in [-0.2, 0) is 11.2 Å². The van der Waals surface area contributed by atoms with Gasteiger partial charge in [-0.05, 0) is 36.1 Å². The van der Waals surface area contributed by atoms with E-state index in [2.05, 4.69) is 5.10 Å². The lowest BCUT2D eigenvalue weighted by Crippen LogP contribution is -2.31. The molecule has 2 aromatic rings. The van der Waals surface area contributed by atoms with E-state index in [0.717, 1.165) is 35.4 Å². The van der Waals surface area contributed by atoms with Crippen LogP contribution in [0.4, 0.5) is 5.69 Å². The molecular weight excluding hydrogens is 346 g/mol. The van der Waals surface area contributed by atoms with Crippen LogP contribution in [-0.4, -0.2) is 28.7 Å². The van der Waals surface area contributed by atoms with Gasteiger partial charge in [0.05, 0.1) is 23.8 Å². The molecule has 0 saturated carbocycles. The van der Waals surface area contributed by atoms with Gasteiger partial charge in [-0.25, -0.2) is 5.01 Å². The number of nitrogens with zero attached hydrogens (tertiary/aromatic N) is 3. The quantitative estimate of drug-likeness (QED) is 0.616. The van der Waals surface area contributed by atoms with Crippen molar-refractivity contribution in [3.05, 3.63) is 69.3 Å². The van der Waals surface area contributed by atoms with E-state index < -0.39 is 4.92 Å². The fourth-order valence-electron chi connectivity index (χ4n) is 4.03. The first kappa shape index (κ1) is 17.2. The molecule has 7 nitrogen and oxygen atoms in total. The molecule has 2 aromatic carbocycles. The number of rotatable bonds is 3. The maximum atomic E-state index is 12.3. The van der Waals surface area contributed by atoms with E-state index >= 15 is 0 Å². The van der Waals surface area contributed by atoms with E-state index in [4.69, 9.17) is 4.74 Å². The minimum atomic E-state index is -0.417. The Morgan fingerprint density at radius 1 is 1.30 bits per heavy atom. The molecule has 0 fully saturated rings. The summed E-state index contributed by atoms with van der Waals surface area (Å²) < 4.78 is 5.35. The van der Waals surface area contributed by atoms with Gasteiger partial charge in [0.2, 0.25) is 5.91 Å². The number of benzene rings is 2. The molecule has 2 atom stereocenters. The molecule has 1 aliphatic heterocycles. The van der Waals surface area contributed by atoms with Crippen molar-refractivity contribution in [2.75, 3.05) is 7.11 Å². The van der Waals surface area contributed by atoms with Gasteiger partial charge in [-0.15, -0.1) is 0 Å². The average molecular weight is 365 g/mol. The first-order valence-electron chi connectivity index (χ1n) is 8.79. The van der Waals surface area contributed by atoms with Gasteiger partial charge < -0.3 is 4.74 Å². The molecule has 1 aliphatic carbocycles. The van der Waals surface area contributed by atoms with Gasteiger partial charge in [-0.2, -0.15) is 5.10 Å². The number of nitro groups is 1. The third-order valence-electron chi connectivity index (χ3n) is 5.27. The maximum absolute atomic E-state index is 12.3. The number of hydrogen-bond acceptors (Lipinski definition) is 5. The van der Waals surface area contributed by atoms with Crippen LogP contribution in [0.3, 0.4) is 0 Å². The predicted octanol–water partition coefficient (Wildman–Crippen LogP) is 3.47. The molecule has 2 aliphatic rings. The third kappa shape index (κ3) is 2.85. The molecule has 27 heavy (non-hydrogen) atoms. The normalized spacial score (nSPS) is 20.5. The Morgan fingerprint density at radius 2 is 2.11 bits per heavy atom. The second kappa shape index (κ2) is 6.50. The summed E-state index contributed by atoms with van der Waals surface area (Å²) in [4.78, 5) is 23.1. The van der Waals surface area contributed by atoms with Crippen molar-refractivity contribution in [2.24, 2.45) is 11.0 Å². The lowest BCUT2D eigenvalue weighted by molar-refractivity contribution is -0.385. The van der Waals surface area contributed by atoms with Crippen LogP contribution in [0.25, 0.3) is 0 Å². The van der Waals surface area contributed by atoms with E-state index in [1.807, 2.05) is 24.3 Å². The second-order valence-electron chi connectivity index (χ2n) is 6.81. The first-order chi connectivity index (χ1) is 13.0. The minimum absolute atomic E-state index is 0.00416. The molecule has 0 unspecified atom stereocenters. The topological polar surface area (TPSA) is 85.0 Å². The van der Waals surface area contributed by atoms with Crippen LogP contribution in [0, 0.1) is 16.0 Å². The van der Waals surface area contributed by atoms with Crippen LogP contribution in [0.1, 0.15) is 36.1 Å². The SMILES string of the molecule is COc1ccc2c(c1)C1=NN(C(C)=O)[C@H](c3cccc([N+](=O)[O-])c3)[C@@H]1CC2. The zero-order valence-electron chi connectivity index (χ0n) is 15.1. The van der Waals surface area contributed by atoms with Crippen LogP contribution >= 0.6 is 0 Å². The summed E-state index contributed by atoms with van der Waals surface area (Å²) in [5.41, 5.74) is 3.76. The largest absolute Gasteiger partial charge is 0.497 e. The van der Waals surface area contributed by atoms with Crippen LogP contribution in [0.2, 0.25) is 0 Å². The number of fused-ring (bicyclic) bond motifs is 3. The van der Waals surface area contributed by atoms with E-state index in [1.54, 1.807) is 19.2 Å². The third-order valence-corrected chi connectivity index (χ3v) is 5.27. The van der Waals surface area contributed by atoms with Gasteiger partial charge in [0.25, 0.3) is 5.69 Å². The number of hydrazone groups is 1. The fraction of sp³-hybridized carbons (Fsp3) is 0.300. The molecule has 1 amide bonds. The standard InChI is InChI=1S/C20H19N3O4/c1-12(24)22-20(14-4-3-5-15(10-14)23(25)26)17-9-7-13-6-8-16(27-2)11-18(13)19(17)21-22/h3-6,8,10-11,17,20H,7,9H2,1-2H3/t17-,20-/m1/s1. The summed E-state index contributed by atoms with van der Waals surface area (Å²) in [7, 11) is 1.62. The number of hydrogen-bond donors (Lipinski definition) is 0. The Kier molecular flexibility index (Phi) is 4.14. The fourth-order valence-corrected chi connectivity index (χ4v) is 4.03. The van der Waals surface area contributed by atoms with Gasteiger partial charge in [0, 0.05) is 30.5 Å². The molecule has 7 heteroatoms. The molecule has 138 valence electrons. The van der Waals surface area contributed by atoms with Gasteiger partial charge in [0.15, 0.2) is 0 Å². The maximum Gasteiger partial charge on any atom is 0.269 e. The minimum Gasteiger partial charge on any atom is -0.497 e. The summed E-state index contributed by atoms with van der Waals surface area (Å²) in [5.74, 6) is 0.554. The van der Waals surface area contributed by atoms with Crippen LogP contribution < -0.4 is 4.74 Å². The van der Waals surface area contributed by atoms with E-state index in [0.29, 0.717) is 0 Å². The summed E-state index contributed by atoms with van der Waals surface area (Å²) >= 11 is 0. The molecule has 0 radical (unpaired) electrons. The summed E-state index contributed by atoms with van der Waals surface area (Å²) in [5, 5.41) is 17.3. The van der Waals surface area contributed by atoms with E-state index in [1.165, 1.54) is 23.6 Å². The van der Waals surface area contributed by atoms with Crippen LogP contribution in [0.15, 0.2) is 47.6 Å². The number of non-ortho nitro benzene ring substituents is 1. The van der Waals surface area contributed by atoms with E-state index in [9.17, 15) is 14.9 Å². The Morgan fingerprint density at radius 3 is 2.81 bits per heavy atom. The molecule has 0 bridgehead atoms. The van der Waals surface area contributed by atoms with Crippen molar-refractivity contribution in [3.8, 4) is 5.75 Å². The number of carbonyl (C=O) groups excluding carboxylic acids is 1. The lowest BCUT2D eigenvalue weighted by Gasteiger charge is -2.29. The molecule has 0 spiro atoms. The predicted molar refractivity (Wildman–Crippen MR) is 99.7 cm³/mol. The average Bonchev–Trinajstić information content (AvgIpc) is 3.08. The number of methoxy groups -OCH3 is 1. The number of carbonyl (C=O) groups is 1. The number of ether oxygens (including phenoxy) is 1. The summed E-state index contributed by atoms with van der Waals surface area (Å²) in [6.07, 6.45) is 1.69. The highest BCUT2D eigenvalue weighted by Crippen LogP contribution is 2.44. The van der Waals surface area contributed by atoms with Crippen LogP contribution in [0.5, 0.6) is 5.75 Å². The van der Waals surface area contributed by atoms with Gasteiger partial charge in [0.1, 0.15) is 5.75 Å². The summed E-state index contributed by atoms with van der Waals surface area (Å²) in [6, 6.07) is 12.1. The molecule has 4 rings (SSSR count). The van der Waals surface area contributed by atoms with Crippen molar-refractivity contribution >= 4 is 17.3 Å². The Labute approximate surface area is 156 Å². The van der Waals surface area contributed by atoms with Gasteiger partial charge in [-0.3, -0.25) is 14.9 Å². The molecule has 1 heterocycles. The Bertz CT molecular complexity index is 969. The van der Waals surface area contributed by atoms with Crippen molar-refractivity contribution in [2.45, 2.75) is 25.8 Å². The number of aryl methyl sites for hydroxylation is 1. The summed E-state index contributed by atoms with van der Waals surface area (Å²) in [6.45, 7) is 1.47. The Balaban J connectivity index is 1.81. The number of nitro benzene ring substituents is 1. The van der Waals surface area contributed by atoms with Gasteiger partial charge >= 0.3 is 0 Å². The van der Waals surface area contributed by atoms with Crippen molar-refractivity contribution in [1.29, 1.82) is 0 Å². The zero-order valence-corrected chi connectivity index (χ0v) is 15.1. The highest BCUT2D eigenvalue weighted by Gasteiger charge is 2.43. The van der Waals surface area contributed by atoms with Crippen molar-refractivity contribution in [3.63, 3.8) is 0 Å². The molecule has 0 aromatic heterocycles. The highest BCUT2D eigenvalue weighted by molar-refractivity contribution is 6.07. The first-order valence-corrected chi connectivity index (χ1v) is 8.79. The molecular formula is C20H19N3O4. The highest BCUT2D eigenvalue weighted by atomic mass is 16.6. The van der Waals surface area contributed by atoms with Gasteiger partial charge in [-0.1, -0.05) is 18.2 Å². The van der Waals surface area contributed by atoms with Crippen molar-refractivity contribution in [1.82, 2.24) is 5.01 Å². The van der Waals surface area contributed by atoms with E-state index in [-0.39, 0.29) is 23.6 Å². The molecule has 0 N–H and O–H groups in total. The Hall–Kier alpha value is -3.22. The van der Waals surface area contributed by atoms with Crippen molar-refractivity contribution < 1.29 is 14.5 Å².